The van der Waals surface area contributed by atoms with Crippen LogP contribution < -0.4 is 5.32 Å². The maximum atomic E-state index is 6.75. The fourth-order valence-corrected chi connectivity index (χ4v) is 5.43. The zero-order chi connectivity index (χ0) is 27.5. The van der Waals surface area contributed by atoms with Crippen molar-refractivity contribution >= 4 is 23.3 Å². The van der Waals surface area contributed by atoms with Gasteiger partial charge in [0.05, 0.1) is 0 Å². The number of nitrogens with zero attached hydrogens (tertiary/aromatic N) is 2. The van der Waals surface area contributed by atoms with E-state index < -0.39 is 0 Å². The Morgan fingerprint density at radius 1 is 0.625 bits per heavy atom. The Labute approximate surface area is 240 Å². The summed E-state index contributed by atoms with van der Waals surface area (Å²) >= 11 is 6.75. The highest BCUT2D eigenvalue weighted by Crippen LogP contribution is 2.34. The van der Waals surface area contributed by atoms with Crippen molar-refractivity contribution < 1.29 is 0 Å². The predicted octanol–water partition coefficient (Wildman–Crippen LogP) is 9.04. The Kier molecular flexibility index (Phi) is 7.31. The summed E-state index contributed by atoms with van der Waals surface area (Å²) in [6.45, 7) is 4.37. The molecule has 1 N–H and O–H groups in total. The first-order chi connectivity index (χ1) is 19.6. The molecular weight excluding hydrogens is 510 g/mol. The fraction of sp³-hybridized carbons (Fsp3) is 0.111. The molecule has 0 saturated carbocycles. The second-order valence-electron chi connectivity index (χ2n) is 10.00. The Hall–Kier alpha value is -4.47. The third kappa shape index (κ3) is 5.34. The minimum atomic E-state index is -0.355. The Balaban J connectivity index is 1.43. The molecule has 6 rings (SSSR count). The van der Waals surface area contributed by atoms with Crippen LogP contribution >= 0.6 is 11.6 Å². The lowest BCUT2D eigenvalue weighted by molar-refractivity contribution is 0.756. The first-order valence-electron chi connectivity index (χ1n) is 13.6. The quantitative estimate of drug-likeness (QED) is 0.229. The summed E-state index contributed by atoms with van der Waals surface area (Å²) in [5.41, 5.74) is 10.2. The number of hydrogen-bond acceptors (Lipinski definition) is 3. The van der Waals surface area contributed by atoms with Crippen LogP contribution in [0.4, 0.5) is 0 Å². The van der Waals surface area contributed by atoms with Gasteiger partial charge in [-0.15, -0.1) is 0 Å². The van der Waals surface area contributed by atoms with Crippen molar-refractivity contribution in [3.8, 4) is 22.3 Å². The summed E-state index contributed by atoms with van der Waals surface area (Å²) in [5.74, 6) is 1.53. The van der Waals surface area contributed by atoms with Crippen molar-refractivity contribution in [3.63, 3.8) is 0 Å². The first kappa shape index (κ1) is 25.8. The fourth-order valence-electron chi connectivity index (χ4n) is 5.19. The van der Waals surface area contributed by atoms with Gasteiger partial charge in [-0.05, 0) is 76.6 Å². The van der Waals surface area contributed by atoms with Crippen molar-refractivity contribution in [2.24, 2.45) is 9.98 Å². The zero-order valence-corrected chi connectivity index (χ0v) is 23.4. The lowest BCUT2D eigenvalue weighted by Gasteiger charge is -2.23. The maximum Gasteiger partial charge on any atom is 0.169 e. The second-order valence-corrected chi connectivity index (χ2v) is 10.4. The van der Waals surface area contributed by atoms with Crippen LogP contribution in [0.25, 0.3) is 22.3 Å². The second kappa shape index (κ2) is 11.3. The van der Waals surface area contributed by atoms with E-state index in [2.05, 4.69) is 92.0 Å². The minimum absolute atomic E-state index is 0.355. The van der Waals surface area contributed by atoms with Crippen LogP contribution in [0.15, 0.2) is 131 Å². The van der Waals surface area contributed by atoms with Crippen LogP contribution in [0.1, 0.15) is 40.9 Å². The maximum absolute atomic E-state index is 6.75. The largest absolute Gasteiger partial charge is 0.324 e. The van der Waals surface area contributed by atoms with Gasteiger partial charge in [-0.1, -0.05) is 116 Å². The van der Waals surface area contributed by atoms with Crippen LogP contribution in [0, 0.1) is 6.92 Å². The highest BCUT2D eigenvalue weighted by molar-refractivity contribution is 6.31. The number of benzene rings is 5. The third-order valence-electron chi connectivity index (χ3n) is 7.32. The molecule has 1 unspecified atom stereocenters. The van der Waals surface area contributed by atoms with E-state index in [1.807, 2.05) is 48.5 Å². The smallest absolute Gasteiger partial charge is 0.169 e. The van der Waals surface area contributed by atoms with Crippen LogP contribution in [-0.4, -0.2) is 11.7 Å². The van der Waals surface area contributed by atoms with Crippen molar-refractivity contribution in [3.05, 3.63) is 154 Å². The molecule has 3 nitrogen and oxygen atoms in total. The molecule has 1 heterocycles. The van der Waals surface area contributed by atoms with Gasteiger partial charge in [-0.3, -0.25) is 0 Å². The molecule has 1 aliphatic heterocycles. The average Bonchev–Trinajstić information content (AvgIpc) is 3.01. The van der Waals surface area contributed by atoms with Gasteiger partial charge in [0.2, 0.25) is 0 Å². The number of rotatable bonds is 6. The van der Waals surface area contributed by atoms with Gasteiger partial charge in [-0.2, -0.15) is 0 Å². The van der Waals surface area contributed by atoms with Crippen LogP contribution in [0.2, 0.25) is 5.02 Å². The molecule has 0 spiro atoms. The van der Waals surface area contributed by atoms with Crippen molar-refractivity contribution in [1.82, 2.24) is 5.32 Å². The highest BCUT2D eigenvalue weighted by Gasteiger charge is 2.21. The van der Waals surface area contributed by atoms with Gasteiger partial charge < -0.3 is 5.32 Å². The first-order valence-corrected chi connectivity index (χ1v) is 14.0. The molecule has 5 aromatic rings. The summed E-state index contributed by atoms with van der Waals surface area (Å²) in [7, 11) is 0. The number of nitrogens with one attached hydrogen (secondary N) is 1. The lowest BCUT2D eigenvalue weighted by Crippen LogP contribution is -2.36. The van der Waals surface area contributed by atoms with E-state index in [4.69, 9.17) is 21.6 Å². The molecule has 0 aromatic heterocycles. The Bertz CT molecular complexity index is 1720. The van der Waals surface area contributed by atoms with Gasteiger partial charge in [0.25, 0.3) is 0 Å². The number of aliphatic imine (C=N–C) groups is 2. The van der Waals surface area contributed by atoms with Crippen LogP contribution in [0.3, 0.4) is 0 Å². The molecule has 4 heteroatoms. The van der Waals surface area contributed by atoms with Gasteiger partial charge in [-0.25, -0.2) is 9.98 Å². The summed E-state index contributed by atoms with van der Waals surface area (Å²) in [5, 5.41) is 4.15. The predicted molar refractivity (Wildman–Crippen MR) is 168 cm³/mol. The zero-order valence-electron chi connectivity index (χ0n) is 22.6. The topological polar surface area (TPSA) is 36.8 Å². The minimum Gasteiger partial charge on any atom is -0.324 e. The highest BCUT2D eigenvalue weighted by atomic mass is 35.5. The SMILES string of the molecule is CCc1ccccc1-c1cc(-c2cc(Cl)cc(C3=NC(c4ccccc4)N=C(c4ccccc4)N3)c2)ccc1C. The van der Waals surface area contributed by atoms with Gasteiger partial charge in [0.15, 0.2) is 6.17 Å². The standard InChI is InChI=1S/C36H30ClN3/c1-3-25-12-10-11-17-32(25)33-23-28(19-18-24(33)2)29-20-30(22-31(37)21-29)36-39-34(26-13-6-4-7-14-26)38-35(40-36)27-15-8-5-9-16-27/h4-23,34H,3H2,1-2H3,(H,38,39,40). The molecule has 0 radical (unpaired) electrons. The number of aryl methyl sites for hydroxylation is 2. The van der Waals surface area contributed by atoms with Crippen molar-refractivity contribution in [2.75, 3.05) is 0 Å². The molecule has 0 saturated heterocycles. The van der Waals surface area contributed by atoms with Gasteiger partial charge >= 0.3 is 0 Å². The van der Waals surface area contributed by atoms with E-state index in [0.717, 1.165) is 45.9 Å². The van der Waals surface area contributed by atoms with E-state index in [9.17, 15) is 0 Å². The normalized spacial score (nSPS) is 14.7. The van der Waals surface area contributed by atoms with E-state index in [1.165, 1.54) is 22.3 Å². The van der Waals surface area contributed by atoms with Gasteiger partial charge in [0.1, 0.15) is 11.7 Å². The molecule has 5 aromatic carbocycles. The third-order valence-corrected chi connectivity index (χ3v) is 7.53. The molecule has 0 fully saturated rings. The molecule has 196 valence electrons. The summed E-state index contributed by atoms with van der Waals surface area (Å²) in [6.07, 6.45) is 0.632. The van der Waals surface area contributed by atoms with Crippen molar-refractivity contribution in [1.29, 1.82) is 0 Å². The summed E-state index contributed by atoms with van der Waals surface area (Å²) in [4.78, 5) is 9.99. The summed E-state index contributed by atoms with van der Waals surface area (Å²) in [6, 6.07) is 41.8. The van der Waals surface area contributed by atoms with Crippen LogP contribution in [0.5, 0.6) is 0 Å². The van der Waals surface area contributed by atoms with Crippen molar-refractivity contribution in [2.45, 2.75) is 26.4 Å². The van der Waals surface area contributed by atoms with E-state index in [0.29, 0.717) is 5.02 Å². The Morgan fingerprint density at radius 3 is 2.02 bits per heavy atom. The molecule has 0 bridgehead atoms. The number of amidine groups is 2. The van der Waals surface area contributed by atoms with Crippen LogP contribution in [-0.2, 0) is 6.42 Å². The molecule has 1 aliphatic rings. The molecule has 1 atom stereocenters. The number of halogens is 1. The van der Waals surface area contributed by atoms with E-state index >= 15 is 0 Å². The van der Waals surface area contributed by atoms with E-state index in [-0.39, 0.29) is 6.17 Å². The molecular formula is C36H30ClN3. The molecule has 0 aliphatic carbocycles. The molecule has 0 amide bonds. The van der Waals surface area contributed by atoms with E-state index in [1.54, 1.807) is 0 Å². The Morgan fingerprint density at radius 2 is 1.27 bits per heavy atom. The summed E-state index contributed by atoms with van der Waals surface area (Å²) < 4.78 is 0. The average molecular weight is 540 g/mol. The van der Waals surface area contributed by atoms with Gasteiger partial charge in [0, 0.05) is 16.1 Å². The lowest BCUT2D eigenvalue weighted by atomic mass is 9.91. The monoisotopic (exact) mass is 539 g/mol. The molecule has 40 heavy (non-hydrogen) atoms. The number of hydrogen-bond donors (Lipinski definition) is 1.